The van der Waals surface area contributed by atoms with Gasteiger partial charge >= 0.3 is 0 Å². The topological polar surface area (TPSA) is 34.4 Å². The van der Waals surface area contributed by atoms with E-state index in [0.29, 0.717) is 17.8 Å². The lowest BCUT2D eigenvalue weighted by Gasteiger charge is -2.03. The van der Waals surface area contributed by atoms with Crippen LogP contribution in [-0.2, 0) is 17.8 Å². The smallest absolute Gasteiger partial charge is 0.252 e. The van der Waals surface area contributed by atoms with E-state index in [-0.39, 0.29) is 5.91 Å². The number of rotatable bonds is 4. The Kier molecular flexibility index (Phi) is 5.65. The summed E-state index contributed by atoms with van der Waals surface area (Å²) in [5.41, 5.74) is 4.41. The summed E-state index contributed by atoms with van der Waals surface area (Å²) in [6.45, 7) is 4.51. The molecule has 1 aromatic heterocycles. The van der Waals surface area contributed by atoms with Gasteiger partial charge in [0.15, 0.2) is 4.80 Å². The van der Waals surface area contributed by atoms with Crippen LogP contribution in [0.25, 0.3) is 10.2 Å². The Balaban J connectivity index is 1.99. The Morgan fingerprint density at radius 2 is 2.04 bits per heavy atom. The van der Waals surface area contributed by atoms with Crippen molar-refractivity contribution in [2.24, 2.45) is 4.99 Å². The molecule has 3 nitrogen and oxygen atoms in total. The van der Waals surface area contributed by atoms with Gasteiger partial charge < -0.3 is 4.57 Å². The van der Waals surface area contributed by atoms with Gasteiger partial charge in [0.1, 0.15) is 0 Å². The summed E-state index contributed by atoms with van der Waals surface area (Å²) in [5, 5.41) is 0. The first-order valence-corrected chi connectivity index (χ1v) is 10.3. The highest BCUT2D eigenvalue weighted by molar-refractivity contribution is 7.98. The molecular weight excluding hydrogens is 360 g/mol. The fourth-order valence-corrected chi connectivity index (χ4v) is 4.34. The third-order valence-electron chi connectivity index (χ3n) is 4.29. The lowest BCUT2D eigenvalue weighted by molar-refractivity contribution is -0.117. The number of aryl methyl sites for hydroxylation is 2. The number of carbonyl (C=O) groups is 1. The first-order valence-electron chi connectivity index (χ1n) is 8.26. The molecule has 0 bridgehead atoms. The van der Waals surface area contributed by atoms with Gasteiger partial charge in [-0.1, -0.05) is 35.5 Å². The highest BCUT2D eigenvalue weighted by Crippen LogP contribution is 2.24. The van der Waals surface area contributed by atoms with Crippen molar-refractivity contribution in [2.45, 2.75) is 31.7 Å². The predicted molar refractivity (Wildman–Crippen MR) is 111 cm³/mol. The lowest BCUT2D eigenvalue weighted by atomic mass is 10.0. The number of benzene rings is 2. The highest BCUT2D eigenvalue weighted by atomic mass is 32.2. The van der Waals surface area contributed by atoms with E-state index in [4.69, 9.17) is 6.42 Å². The summed E-state index contributed by atoms with van der Waals surface area (Å²) in [6, 6.07) is 12.3. The van der Waals surface area contributed by atoms with Crippen LogP contribution >= 0.6 is 23.1 Å². The molecule has 3 rings (SSSR count). The molecule has 0 aliphatic rings. The molecule has 1 heterocycles. The monoisotopic (exact) mass is 380 g/mol. The molecule has 5 heteroatoms. The molecule has 0 saturated carbocycles. The fraction of sp³-hybridized carbons (Fsp3) is 0.238. The van der Waals surface area contributed by atoms with Crippen molar-refractivity contribution in [3.8, 4) is 12.3 Å². The van der Waals surface area contributed by atoms with Crippen molar-refractivity contribution in [3.05, 3.63) is 57.9 Å². The van der Waals surface area contributed by atoms with Crippen LogP contribution in [0.3, 0.4) is 0 Å². The van der Waals surface area contributed by atoms with Gasteiger partial charge in [0.05, 0.1) is 23.2 Å². The number of terminal acetylenes is 1. The SMILES string of the molecule is C#CCn1c(=NC(=O)Cc2ccc(C)c(C)c2)sc2cc(SC)ccc21. The zero-order chi connectivity index (χ0) is 18.7. The predicted octanol–water partition coefficient (Wildman–Crippen LogP) is 4.34. The first-order chi connectivity index (χ1) is 12.5. The summed E-state index contributed by atoms with van der Waals surface area (Å²) in [6.07, 6.45) is 7.86. The second-order valence-corrected chi connectivity index (χ2v) is 8.00. The number of nitrogens with zero attached hydrogens (tertiary/aromatic N) is 2. The third-order valence-corrected chi connectivity index (χ3v) is 6.05. The minimum absolute atomic E-state index is 0.157. The van der Waals surface area contributed by atoms with E-state index in [1.165, 1.54) is 27.4 Å². The third kappa shape index (κ3) is 3.92. The zero-order valence-electron chi connectivity index (χ0n) is 15.1. The van der Waals surface area contributed by atoms with Gasteiger partial charge in [-0.25, -0.2) is 0 Å². The zero-order valence-corrected chi connectivity index (χ0v) is 16.7. The molecule has 0 unspecified atom stereocenters. The molecule has 0 radical (unpaired) electrons. The van der Waals surface area contributed by atoms with Crippen LogP contribution in [0.1, 0.15) is 16.7 Å². The average Bonchev–Trinajstić information content (AvgIpc) is 2.94. The van der Waals surface area contributed by atoms with Crippen LogP contribution < -0.4 is 4.80 Å². The maximum absolute atomic E-state index is 12.5. The number of thioether (sulfide) groups is 1. The van der Waals surface area contributed by atoms with Gasteiger partial charge in [0.25, 0.3) is 5.91 Å². The van der Waals surface area contributed by atoms with Crippen molar-refractivity contribution < 1.29 is 4.79 Å². The van der Waals surface area contributed by atoms with Crippen molar-refractivity contribution >= 4 is 39.2 Å². The second-order valence-electron chi connectivity index (χ2n) is 6.11. The van der Waals surface area contributed by atoms with Crippen LogP contribution in [-0.4, -0.2) is 16.7 Å². The van der Waals surface area contributed by atoms with Crippen molar-refractivity contribution in [3.63, 3.8) is 0 Å². The standard InChI is InChI=1S/C21H20N2OS2/c1-5-10-23-18-9-8-17(25-4)13-19(18)26-21(23)22-20(24)12-16-7-6-14(2)15(3)11-16/h1,6-9,11,13H,10,12H2,2-4H3. The van der Waals surface area contributed by atoms with Crippen LogP contribution in [0.4, 0.5) is 0 Å². The molecule has 132 valence electrons. The van der Waals surface area contributed by atoms with Crippen LogP contribution in [0.15, 0.2) is 46.3 Å². The average molecular weight is 381 g/mol. The van der Waals surface area contributed by atoms with Crippen LogP contribution in [0, 0.1) is 26.2 Å². The molecule has 0 fully saturated rings. The number of hydrogen-bond donors (Lipinski definition) is 0. The maximum Gasteiger partial charge on any atom is 0.252 e. The molecule has 26 heavy (non-hydrogen) atoms. The number of carbonyl (C=O) groups excluding carboxylic acids is 1. The van der Waals surface area contributed by atoms with Gasteiger partial charge in [-0.2, -0.15) is 4.99 Å². The number of thiazole rings is 1. The summed E-state index contributed by atoms with van der Waals surface area (Å²) in [5.74, 6) is 2.50. The first kappa shape index (κ1) is 18.5. The number of fused-ring (bicyclic) bond motifs is 1. The molecule has 0 atom stereocenters. The Bertz CT molecular complexity index is 1080. The van der Waals surface area contributed by atoms with E-state index < -0.39 is 0 Å². The summed E-state index contributed by atoms with van der Waals surface area (Å²) in [4.78, 5) is 18.7. The molecule has 0 aliphatic heterocycles. The van der Waals surface area contributed by atoms with Gasteiger partial charge in [-0.3, -0.25) is 4.79 Å². The lowest BCUT2D eigenvalue weighted by Crippen LogP contribution is -2.17. The van der Waals surface area contributed by atoms with Gasteiger partial charge in [0.2, 0.25) is 0 Å². The second kappa shape index (κ2) is 7.94. The van der Waals surface area contributed by atoms with Crippen LogP contribution in [0.5, 0.6) is 0 Å². The molecule has 0 aliphatic carbocycles. The molecule has 2 aromatic carbocycles. The van der Waals surface area contributed by atoms with Gasteiger partial charge in [-0.15, -0.1) is 18.2 Å². The van der Waals surface area contributed by atoms with E-state index >= 15 is 0 Å². The number of aromatic nitrogens is 1. The molecule has 1 amide bonds. The quantitative estimate of drug-likeness (QED) is 0.498. The highest BCUT2D eigenvalue weighted by Gasteiger charge is 2.09. The Hall–Kier alpha value is -2.29. The summed E-state index contributed by atoms with van der Waals surface area (Å²) >= 11 is 3.19. The minimum Gasteiger partial charge on any atom is -0.305 e. The van der Waals surface area contributed by atoms with Crippen LogP contribution in [0.2, 0.25) is 0 Å². The number of hydrogen-bond acceptors (Lipinski definition) is 3. The van der Waals surface area contributed by atoms with E-state index in [1.807, 2.05) is 35.1 Å². The summed E-state index contributed by atoms with van der Waals surface area (Å²) < 4.78 is 3.02. The Morgan fingerprint density at radius 1 is 1.23 bits per heavy atom. The molecular formula is C21H20N2OS2. The van der Waals surface area contributed by atoms with E-state index in [1.54, 1.807) is 11.8 Å². The van der Waals surface area contributed by atoms with Crippen molar-refractivity contribution in [2.75, 3.05) is 6.26 Å². The largest absolute Gasteiger partial charge is 0.305 e. The van der Waals surface area contributed by atoms with Crippen molar-refractivity contribution in [1.82, 2.24) is 4.57 Å². The Morgan fingerprint density at radius 3 is 2.73 bits per heavy atom. The number of amides is 1. The summed E-state index contributed by atoms with van der Waals surface area (Å²) in [7, 11) is 0. The van der Waals surface area contributed by atoms with E-state index in [2.05, 4.69) is 36.9 Å². The fourth-order valence-electron chi connectivity index (χ4n) is 2.74. The molecule has 3 aromatic rings. The maximum atomic E-state index is 12.5. The van der Waals surface area contributed by atoms with E-state index in [9.17, 15) is 4.79 Å². The van der Waals surface area contributed by atoms with Gasteiger partial charge in [-0.05, 0) is 55.0 Å². The van der Waals surface area contributed by atoms with Crippen molar-refractivity contribution in [1.29, 1.82) is 0 Å². The van der Waals surface area contributed by atoms with Gasteiger partial charge in [0, 0.05) is 4.90 Å². The Labute approximate surface area is 161 Å². The molecule has 0 N–H and O–H groups in total. The normalized spacial score (nSPS) is 11.7. The molecule has 0 spiro atoms. The molecule has 0 saturated heterocycles. The van der Waals surface area contributed by atoms with E-state index in [0.717, 1.165) is 15.8 Å². The minimum atomic E-state index is -0.157.